The Morgan fingerprint density at radius 2 is 1.63 bits per heavy atom. The molecule has 41 heavy (non-hydrogen) atoms. The molecular weight excluding hydrogens is 540 g/mol. The molecule has 2 aliphatic heterocycles. The van der Waals surface area contributed by atoms with Crippen LogP contribution < -0.4 is 9.47 Å². The summed E-state index contributed by atoms with van der Waals surface area (Å²) >= 11 is 7.03. The van der Waals surface area contributed by atoms with Crippen molar-refractivity contribution < 1.29 is 28.4 Å². The fraction of sp³-hybridized carbons (Fsp3) is 0.647. The van der Waals surface area contributed by atoms with Crippen molar-refractivity contribution in [2.45, 2.75) is 103 Å². The van der Waals surface area contributed by atoms with Gasteiger partial charge in [-0.15, -0.1) is 0 Å². The van der Waals surface area contributed by atoms with Gasteiger partial charge in [-0.05, 0) is 55.0 Å². The third-order valence-electron chi connectivity index (χ3n) is 7.95. The first-order chi connectivity index (χ1) is 20.1. The second-order valence-corrected chi connectivity index (χ2v) is 11.5. The molecule has 228 valence electrons. The topological polar surface area (TPSA) is 55.4 Å². The second-order valence-electron chi connectivity index (χ2n) is 11.2. The molecule has 4 atom stereocenters. The van der Waals surface area contributed by atoms with Crippen molar-refractivity contribution in [1.82, 2.24) is 0 Å². The molecule has 0 radical (unpaired) electrons. The number of fused-ring (bicyclic) bond motifs is 1. The van der Waals surface area contributed by atoms with Gasteiger partial charge in [0.2, 0.25) is 0 Å². The molecular formula is C34H49ClO6. The predicted octanol–water partition coefficient (Wildman–Crippen LogP) is 7.89. The number of unbranched alkanes of at least 4 members (excludes halogenated alkanes) is 3. The van der Waals surface area contributed by atoms with Gasteiger partial charge in [0.25, 0.3) is 0 Å². The first-order valence-corrected chi connectivity index (χ1v) is 16.0. The Labute approximate surface area is 251 Å². The lowest BCUT2D eigenvalue weighted by Crippen LogP contribution is -2.48. The van der Waals surface area contributed by atoms with E-state index in [1.165, 1.54) is 5.56 Å². The smallest absolute Gasteiger partial charge is 0.130 e. The van der Waals surface area contributed by atoms with Crippen molar-refractivity contribution in [2.75, 3.05) is 40.1 Å². The van der Waals surface area contributed by atoms with Gasteiger partial charge in [0.1, 0.15) is 23.7 Å². The van der Waals surface area contributed by atoms with Crippen LogP contribution in [0, 0.1) is 0 Å². The quantitative estimate of drug-likeness (QED) is 0.175. The van der Waals surface area contributed by atoms with E-state index in [0.717, 1.165) is 91.2 Å². The molecule has 2 aromatic carbocycles. The minimum atomic E-state index is -0.342. The maximum absolute atomic E-state index is 7.03. The van der Waals surface area contributed by atoms with Crippen LogP contribution in [0.25, 0.3) is 0 Å². The molecule has 7 heteroatoms. The highest BCUT2D eigenvalue weighted by molar-refractivity contribution is 6.32. The Morgan fingerprint density at radius 1 is 0.927 bits per heavy atom. The Balaban J connectivity index is 1.69. The van der Waals surface area contributed by atoms with E-state index in [4.69, 9.17) is 40.0 Å². The summed E-state index contributed by atoms with van der Waals surface area (Å²) in [6.07, 6.45) is 7.80. The van der Waals surface area contributed by atoms with Gasteiger partial charge in [-0.25, -0.2) is 0 Å². The number of ether oxygens (including phenoxy) is 6. The molecule has 1 saturated heterocycles. The predicted molar refractivity (Wildman–Crippen MR) is 164 cm³/mol. The summed E-state index contributed by atoms with van der Waals surface area (Å²) in [5.74, 6) is 1.69. The molecule has 2 aromatic rings. The van der Waals surface area contributed by atoms with E-state index in [0.29, 0.717) is 32.8 Å². The van der Waals surface area contributed by atoms with Crippen LogP contribution in [0.1, 0.15) is 94.1 Å². The Morgan fingerprint density at radius 3 is 2.34 bits per heavy atom. The van der Waals surface area contributed by atoms with Crippen LogP contribution in [0.5, 0.6) is 11.5 Å². The summed E-state index contributed by atoms with van der Waals surface area (Å²) in [5.41, 5.74) is 4.31. The summed E-state index contributed by atoms with van der Waals surface area (Å²) in [5, 5.41) is 0.784. The summed E-state index contributed by atoms with van der Waals surface area (Å²) in [6, 6.07) is 10.3. The molecule has 6 nitrogen and oxygen atoms in total. The van der Waals surface area contributed by atoms with Gasteiger partial charge in [-0.2, -0.15) is 0 Å². The van der Waals surface area contributed by atoms with Crippen LogP contribution in [0.15, 0.2) is 30.3 Å². The molecule has 0 saturated carbocycles. The van der Waals surface area contributed by atoms with Crippen LogP contribution in [-0.4, -0.2) is 58.5 Å². The summed E-state index contributed by atoms with van der Waals surface area (Å²) in [4.78, 5) is 0. The zero-order chi connectivity index (χ0) is 29.0. The zero-order valence-corrected chi connectivity index (χ0v) is 26.2. The Hall–Kier alpha value is -1.83. The van der Waals surface area contributed by atoms with E-state index in [-0.39, 0.29) is 24.4 Å². The third-order valence-corrected chi connectivity index (χ3v) is 8.43. The summed E-state index contributed by atoms with van der Waals surface area (Å²) in [7, 11) is 1.68. The average molecular weight is 589 g/mol. The Bertz CT molecular complexity index is 1060. The van der Waals surface area contributed by atoms with Crippen molar-refractivity contribution in [3.63, 3.8) is 0 Å². The summed E-state index contributed by atoms with van der Waals surface area (Å²) in [6.45, 7) is 9.83. The van der Waals surface area contributed by atoms with Crippen LogP contribution in [0.3, 0.4) is 0 Å². The van der Waals surface area contributed by atoms with Crippen LogP contribution in [0.4, 0.5) is 0 Å². The van der Waals surface area contributed by atoms with E-state index < -0.39 is 0 Å². The van der Waals surface area contributed by atoms with Gasteiger partial charge < -0.3 is 28.4 Å². The minimum absolute atomic E-state index is 0.0882. The van der Waals surface area contributed by atoms with Gasteiger partial charge in [-0.1, -0.05) is 63.8 Å². The average Bonchev–Trinajstić information content (AvgIpc) is 3.49. The van der Waals surface area contributed by atoms with E-state index in [1.807, 2.05) is 12.1 Å². The van der Waals surface area contributed by atoms with Gasteiger partial charge in [-0.3, -0.25) is 0 Å². The van der Waals surface area contributed by atoms with Crippen LogP contribution in [-0.2, 0) is 31.8 Å². The molecule has 0 bridgehead atoms. The molecule has 0 spiro atoms. The molecule has 4 rings (SSSR count). The van der Waals surface area contributed by atoms with Gasteiger partial charge >= 0.3 is 0 Å². The van der Waals surface area contributed by atoms with E-state index in [9.17, 15) is 0 Å². The zero-order valence-electron chi connectivity index (χ0n) is 25.4. The standard InChI is InChI=1S/C34H49ClO6/c1-5-8-16-37-23-27-22-30(38-17-9-6-2)34(39-18-10-7-3)33(41-27)29-21-25(31(35)28-15-19-40-32(28)29)20-24-11-13-26(36-4)14-12-24/h11-14,21,27,30,33-34H,5-10,15-20,22-23H2,1-4H3/t27-,30-,33?,34+/m0/s1. The van der Waals surface area contributed by atoms with E-state index >= 15 is 0 Å². The maximum Gasteiger partial charge on any atom is 0.130 e. The van der Waals surface area contributed by atoms with Crippen LogP contribution >= 0.6 is 11.6 Å². The number of hydrogen-bond donors (Lipinski definition) is 0. The molecule has 0 aromatic heterocycles. The number of halogens is 1. The largest absolute Gasteiger partial charge is 0.497 e. The second kappa shape index (κ2) is 16.7. The molecule has 0 N–H and O–H groups in total. The highest BCUT2D eigenvalue weighted by atomic mass is 35.5. The number of hydrogen-bond acceptors (Lipinski definition) is 6. The van der Waals surface area contributed by atoms with Crippen LogP contribution in [0.2, 0.25) is 5.02 Å². The van der Waals surface area contributed by atoms with Crippen molar-refractivity contribution in [1.29, 1.82) is 0 Å². The number of benzene rings is 2. The van der Waals surface area contributed by atoms with Gasteiger partial charge in [0.05, 0.1) is 37.6 Å². The molecule has 0 aliphatic carbocycles. The van der Waals surface area contributed by atoms with Crippen molar-refractivity contribution in [3.8, 4) is 11.5 Å². The number of methoxy groups -OCH3 is 1. The monoisotopic (exact) mass is 588 g/mol. The molecule has 0 amide bonds. The fourth-order valence-corrected chi connectivity index (χ4v) is 5.89. The van der Waals surface area contributed by atoms with Gasteiger partial charge in [0.15, 0.2) is 0 Å². The fourth-order valence-electron chi connectivity index (χ4n) is 5.58. The molecule has 2 aliphatic rings. The van der Waals surface area contributed by atoms with Crippen molar-refractivity contribution in [2.24, 2.45) is 0 Å². The molecule has 1 fully saturated rings. The first-order valence-electron chi connectivity index (χ1n) is 15.7. The lowest BCUT2D eigenvalue weighted by atomic mass is 9.89. The summed E-state index contributed by atoms with van der Waals surface area (Å²) < 4.78 is 37.7. The van der Waals surface area contributed by atoms with E-state index in [1.54, 1.807) is 7.11 Å². The van der Waals surface area contributed by atoms with Crippen molar-refractivity contribution >= 4 is 11.6 Å². The normalized spacial score (nSPS) is 22.0. The van der Waals surface area contributed by atoms with E-state index in [2.05, 4.69) is 39.0 Å². The highest BCUT2D eigenvalue weighted by Gasteiger charge is 2.43. The molecule has 2 heterocycles. The maximum atomic E-state index is 7.03. The highest BCUT2D eigenvalue weighted by Crippen LogP contribution is 2.46. The van der Waals surface area contributed by atoms with Crippen molar-refractivity contribution in [3.05, 3.63) is 57.6 Å². The number of rotatable bonds is 17. The van der Waals surface area contributed by atoms with Gasteiger partial charge in [0, 0.05) is 43.8 Å². The lowest BCUT2D eigenvalue weighted by Gasteiger charge is -2.42. The third kappa shape index (κ3) is 8.61. The lowest BCUT2D eigenvalue weighted by molar-refractivity contribution is -0.213. The minimum Gasteiger partial charge on any atom is -0.497 e. The molecule has 1 unspecified atom stereocenters. The SMILES string of the molecule is CCCCOC[C@@H]1C[C@H](OCCCC)[C@@H](OCCCC)C(c2cc(Cc3ccc(OC)cc3)c(Cl)c3c2OCC3)O1. The first kappa shape index (κ1) is 32.1. The Kier molecular flexibility index (Phi) is 13.1.